The van der Waals surface area contributed by atoms with Crippen molar-refractivity contribution < 1.29 is 4.79 Å². The van der Waals surface area contributed by atoms with E-state index < -0.39 is 0 Å². The van der Waals surface area contributed by atoms with Crippen LogP contribution in [-0.4, -0.2) is 27.3 Å². The Morgan fingerprint density at radius 2 is 2.00 bits per heavy atom. The molecular formula is C22H21N5O. The van der Waals surface area contributed by atoms with Crippen LogP contribution in [0.3, 0.4) is 0 Å². The van der Waals surface area contributed by atoms with Crippen molar-refractivity contribution in [2.24, 2.45) is 0 Å². The lowest BCUT2D eigenvalue weighted by atomic mass is 10.1. The highest BCUT2D eigenvalue weighted by atomic mass is 16.1. The van der Waals surface area contributed by atoms with Crippen LogP contribution in [0.1, 0.15) is 22.8 Å². The largest absolute Gasteiger partial charge is 0.361 e. The number of carbonyl (C=O) groups is 1. The van der Waals surface area contributed by atoms with E-state index in [4.69, 9.17) is 0 Å². The molecule has 140 valence electrons. The summed E-state index contributed by atoms with van der Waals surface area (Å²) < 4.78 is 0. The van der Waals surface area contributed by atoms with E-state index in [1.807, 2.05) is 36.5 Å². The summed E-state index contributed by atoms with van der Waals surface area (Å²) in [5.74, 6) is 1.27. The third-order valence-corrected chi connectivity index (χ3v) is 4.55. The molecule has 0 aliphatic heterocycles. The van der Waals surface area contributed by atoms with Gasteiger partial charge in [0, 0.05) is 41.1 Å². The van der Waals surface area contributed by atoms with E-state index in [0.717, 1.165) is 24.2 Å². The van der Waals surface area contributed by atoms with Crippen LogP contribution in [0.15, 0.2) is 67.0 Å². The number of rotatable bonds is 7. The summed E-state index contributed by atoms with van der Waals surface area (Å²) in [6.45, 7) is 2.28. The molecule has 28 heavy (non-hydrogen) atoms. The molecule has 0 spiro atoms. The van der Waals surface area contributed by atoms with E-state index in [1.165, 1.54) is 10.9 Å². The maximum absolute atomic E-state index is 11.5. The Bertz CT molecular complexity index is 1120. The first-order valence-electron chi connectivity index (χ1n) is 9.19. The molecule has 0 atom stereocenters. The van der Waals surface area contributed by atoms with Gasteiger partial charge in [0.05, 0.1) is 0 Å². The third-order valence-electron chi connectivity index (χ3n) is 4.55. The second kappa shape index (κ2) is 7.92. The topological polar surface area (TPSA) is 82.7 Å². The summed E-state index contributed by atoms with van der Waals surface area (Å²) in [5, 5.41) is 7.73. The molecule has 6 nitrogen and oxygen atoms in total. The van der Waals surface area contributed by atoms with Crippen molar-refractivity contribution in [2.45, 2.75) is 13.3 Å². The fraction of sp³-hybridized carbons (Fsp3) is 0.136. The molecule has 0 radical (unpaired) electrons. The quantitative estimate of drug-likeness (QED) is 0.415. The molecule has 0 saturated heterocycles. The Balaban J connectivity index is 1.40. The van der Waals surface area contributed by atoms with E-state index in [-0.39, 0.29) is 5.78 Å². The van der Waals surface area contributed by atoms with Crippen LogP contribution >= 0.6 is 0 Å². The summed E-state index contributed by atoms with van der Waals surface area (Å²) in [7, 11) is 0. The van der Waals surface area contributed by atoms with E-state index in [9.17, 15) is 4.79 Å². The summed E-state index contributed by atoms with van der Waals surface area (Å²) in [6, 6.07) is 17.4. The zero-order chi connectivity index (χ0) is 19.3. The highest BCUT2D eigenvalue weighted by Gasteiger charge is 2.05. The molecule has 4 rings (SSSR count). The van der Waals surface area contributed by atoms with Crippen LogP contribution < -0.4 is 10.6 Å². The minimum atomic E-state index is 0.0333. The van der Waals surface area contributed by atoms with Crippen molar-refractivity contribution in [2.75, 3.05) is 17.2 Å². The van der Waals surface area contributed by atoms with Gasteiger partial charge in [0.1, 0.15) is 5.82 Å². The first kappa shape index (κ1) is 17.7. The predicted octanol–water partition coefficient (Wildman–Crippen LogP) is 4.56. The molecule has 3 N–H and O–H groups in total. The highest BCUT2D eigenvalue weighted by molar-refractivity contribution is 5.95. The van der Waals surface area contributed by atoms with Gasteiger partial charge in [-0.1, -0.05) is 30.3 Å². The Morgan fingerprint density at radius 3 is 2.89 bits per heavy atom. The molecule has 6 heteroatoms. The number of anilines is 3. The van der Waals surface area contributed by atoms with E-state index in [0.29, 0.717) is 17.3 Å². The van der Waals surface area contributed by atoms with Gasteiger partial charge in [0.25, 0.3) is 0 Å². The molecule has 0 amide bonds. The maximum atomic E-state index is 11.5. The number of ketones is 1. The van der Waals surface area contributed by atoms with Crippen molar-refractivity contribution in [1.82, 2.24) is 15.0 Å². The lowest BCUT2D eigenvalue weighted by Crippen LogP contribution is -2.08. The van der Waals surface area contributed by atoms with Crippen LogP contribution in [0.4, 0.5) is 17.5 Å². The fourth-order valence-corrected chi connectivity index (χ4v) is 3.12. The molecule has 2 aromatic heterocycles. The van der Waals surface area contributed by atoms with Gasteiger partial charge in [-0.25, -0.2) is 4.98 Å². The second-order valence-corrected chi connectivity index (χ2v) is 6.56. The normalized spacial score (nSPS) is 10.8. The summed E-state index contributed by atoms with van der Waals surface area (Å²) in [6.07, 6.45) is 4.62. The van der Waals surface area contributed by atoms with E-state index in [1.54, 1.807) is 25.3 Å². The van der Waals surface area contributed by atoms with Crippen LogP contribution in [0.2, 0.25) is 0 Å². The van der Waals surface area contributed by atoms with Gasteiger partial charge in [-0.2, -0.15) is 4.98 Å². The molecule has 2 aromatic carbocycles. The first-order valence-corrected chi connectivity index (χ1v) is 9.19. The number of aromatic amines is 1. The Kier molecular flexibility index (Phi) is 5.01. The number of benzene rings is 2. The van der Waals surface area contributed by atoms with Gasteiger partial charge in [-0.05, 0) is 43.2 Å². The number of Topliss-reactive ketones (excluding diaryl/α,β-unsaturated/α-hetero) is 1. The minimum absolute atomic E-state index is 0.0333. The fourth-order valence-electron chi connectivity index (χ4n) is 3.12. The number of fused-ring (bicyclic) bond motifs is 1. The van der Waals surface area contributed by atoms with Crippen LogP contribution in [-0.2, 0) is 6.42 Å². The highest BCUT2D eigenvalue weighted by Crippen LogP contribution is 2.19. The predicted molar refractivity (Wildman–Crippen MR) is 112 cm³/mol. The molecule has 4 aromatic rings. The zero-order valence-corrected chi connectivity index (χ0v) is 15.6. The molecule has 0 unspecified atom stereocenters. The number of hydrogen-bond acceptors (Lipinski definition) is 5. The molecule has 0 bridgehead atoms. The average molecular weight is 371 g/mol. The van der Waals surface area contributed by atoms with Gasteiger partial charge >= 0.3 is 0 Å². The molecule has 0 saturated carbocycles. The molecule has 0 aliphatic rings. The SMILES string of the molecule is CC(=O)c1cccc(Nc2ccnc(NCCc3c[nH]c4ccccc34)n2)c1. The zero-order valence-electron chi connectivity index (χ0n) is 15.6. The summed E-state index contributed by atoms with van der Waals surface area (Å²) in [5.41, 5.74) is 3.89. The van der Waals surface area contributed by atoms with Crippen LogP contribution in [0.25, 0.3) is 10.9 Å². The number of para-hydroxylation sites is 1. The van der Waals surface area contributed by atoms with Crippen LogP contribution in [0, 0.1) is 0 Å². The van der Waals surface area contributed by atoms with Gasteiger partial charge < -0.3 is 15.6 Å². The van der Waals surface area contributed by atoms with Crippen LogP contribution in [0.5, 0.6) is 0 Å². The van der Waals surface area contributed by atoms with Crippen molar-refractivity contribution in [3.8, 4) is 0 Å². The van der Waals surface area contributed by atoms with Crippen molar-refractivity contribution >= 4 is 34.1 Å². The molecule has 0 fully saturated rings. The van der Waals surface area contributed by atoms with Gasteiger partial charge in [0.15, 0.2) is 5.78 Å². The number of nitrogens with zero attached hydrogens (tertiary/aromatic N) is 2. The Labute approximate surface area is 163 Å². The number of H-pyrrole nitrogens is 1. The van der Waals surface area contributed by atoms with Crippen molar-refractivity contribution in [3.63, 3.8) is 0 Å². The second-order valence-electron chi connectivity index (χ2n) is 6.56. The monoisotopic (exact) mass is 371 g/mol. The lowest BCUT2D eigenvalue weighted by Gasteiger charge is -2.09. The average Bonchev–Trinajstić information content (AvgIpc) is 3.12. The molecule has 0 aliphatic carbocycles. The number of aromatic nitrogens is 3. The number of carbonyl (C=O) groups excluding carboxylic acids is 1. The molecular weight excluding hydrogens is 350 g/mol. The number of nitrogens with one attached hydrogen (secondary N) is 3. The lowest BCUT2D eigenvalue weighted by molar-refractivity contribution is 0.101. The van der Waals surface area contributed by atoms with Gasteiger partial charge in [-0.3, -0.25) is 4.79 Å². The minimum Gasteiger partial charge on any atom is -0.361 e. The van der Waals surface area contributed by atoms with E-state index >= 15 is 0 Å². The van der Waals surface area contributed by atoms with Gasteiger partial charge in [-0.15, -0.1) is 0 Å². The summed E-state index contributed by atoms with van der Waals surface area (Å²) >= 11 is 0. The maximum Gasteiger partial charge on any atom is 0.224 e. The Hall–Kier alpha value is -3.67. The van der Waals surface area contributed by atoms with Gasteiger partial charge in [0.2, 0.25) is 5.95 Å². The van der Waals surface area contributed by atoms with E-state index in [2.05, 4.69) is 37.7 Å². The Morgan fingerprint density at radius 1 is 1.11 bits per heavy atom. The number of hydrogen-bond donors (Lipinski definition) is 3. The summed E-state index contributed by atoms with van der Waals surface area (Å²) in [4.78, 5) is 23.6. The van der Waals surface area contributed by atoms with Crippen molar-refractivity contribution in [3.05, 3.63) is 78.1 Å². The molecule has 2 heterocycles. The smallest absolute Gasteiger partial charge is 0.224 e. The van der Waals surface area contributed by atoms with Crippen molar-refractivity contribution in [1.29, 1.82) is 0 Å². The third kappa shape index (κ3) is 4.01. The standard InChI is InChI=1S/C22H21N5O/c1-15(28)16-5-4-6-18(13-16)26-21-10-12-24-22(27-21)23-11-9-17-14-25-20-8-3-2-7-19(17)20/h2-8,10,12-14,25H,9,11H2,1H3,(H2,23,24,26,27). The first-order chi connectivity index (χ1) is 13.7.